The summed E-state index contributed by atoms with van der Waals surface area (Å²) in [5.74, 6) is -0.150. The van der Waals surface area contributed by atoms with Gasteiger partial charge >= 0.3 is 5.97 Å². The van der Waals surface area contributed by atoms with Gasteiger partial charge in [-0.15, -0.1) is 0 Å². The number of carbonyl (C=O) groups excluding carboxylic acids is 1. The molecule has 0 fully saturated rings. The lowest BCUT2D eigenvalue weighted by molar-refractivity contribution is -0.168. The molecule has 0 atom stereocenters. The molecule has 0 spiro atoms. The van der Waals surface area contributed by atoms with Gasteiger partial charge in [-0.1, -0.05) is 49.4 Å². The minimum atomic E-state index is -0.648. The molecule has 0 saturated carbocycles. The fraction of sp³-hybridized carbons (Fsp3) is 0.421. The van der Waals surface area contributed by atoms with Crippen LogP contribution in [0.15, 0.2) is 42.5 Å². The maximum atomic E-state index is 12.4. The summed E-state index contributed by atoms with van der Waals surface area (Å²) >= 11 is 0. The Kier molecular flexibility index (Phi) is 4.08. The van der Waals surface area contributed by atoms with E-state index in [4.69, 9.17) is 4.74 Å². The predicted octanol–water partition coefficient (Wildman–Crippen LogP) is 5.05. The lowest BCUT2D eigenvalue weighted by atomic mass is 9.88. The third-order valence-corrected chi connectivity index (χ3v) is 4.22. The molecule has 0 unspecified atom stereocenters. The zero-order valence-corrected chi connectivity index (χ0v) is 13.6. The van der Waals surface area contributed by atoms with Crippen LogP contribution >= 0.6 is 0 Å². The molecule has 0 amide bonds. The fourth-order valence-electron chi connectivity index (χ4n) is 2.32. The van der Waals surface area contributed by atoms with Crippen LogP contribution in [-0.2, 0) is 15.1 Å². The van der Waals surface area contributed by atoms with Gasteiger partial charge in [0.2, 0.25) is 0 Å². The average molecular weight is 284 g/mol. The normalized spacial score (nSPS) is 12.4. The second kappa shape index (κ2) is 5.51. The van der Waals surface area contributed by atoms with E-state index in [0.29, 0.717) is 0 Å². The van der Waals surface area contributed by atoms with Crippen LogP contribution in [-0.4, -0.2) is 5.97 Å². The van der Waals surface area contributed by atoms with Gasteiger partial charge in [-0.3, -0.25) is 4.79 Å². The molecule has 2 heteroatoms. The molecule has 0 N–H and O–H groups in total. The van der Waals surface area contributed by atoms with Crippen LogP contribution in [0.4, 0.5) is 0 Å². The lowest BCUT2D eigenvalue weighted by Gasteiger charge is -2.31. The molecule has 2 nitrogen and oxygen atoms in total. The van der Waals surface area contributed by atoms with Crippen molar-refractivity contribution in [2.45, 2.75) is 46.6 Å². The van der Waals surface area contributed by atoms with Gasteiger partial charge in [0, 0.05) is 5.56 Å². The Morgan fingerprint density at radius 3 is 2.29 bits per heavy atom. The van der Waals surface area contributed by atoms with Crippen LogP contribution in [0.1, 0.15) is 46.6 Å². The summed E-state index contributed by atoms with van der Waals surface area (Å²) in [5.41, 5.74) is -0.0625. The maximum absolute atomic E-state index is 12.4. The highest BCUT2D eigenvalue weighted by Gasteiger charge is 2.34. The molecule has 0 saturated heterocycles. The number of fused-ring (bicyclic) bond motifs is 1. The third kappa shape index (κ3) is 3.10. The van der Waals surface area contributed by atoms with Crippen molar-refractivity contribution in [3.05, 3.63) is 48.0 Å². The Bertz CT molecular complexity index is 648. The van der Waals surface area contributed by atoms with Crippen LogP contribution in [0, 0.1) is 5.41 Å². The van der Waals surface area contributed by atoms with Gasteiger partial charge in [0.05, 0.1) is 5.41 Å². The van der Waals surface area contributed by atoms with Gasteiger partial charge in [0.15, 0.2) is 0 Å². The van der Waals surface area contributed by atoms with Crippen molar-refractivity contribution in [1.82, 2.24) is 0 Å². The van der Waals surface area contributed by atoms with E-state index in [2.05, 4.69) is 18.2 Å². The molecule has 2 rings (SSSR count). The highest BCUT2D eigenvalue weighted by Crippen LogP contribution is 2.34. The van der Waals surface area contributed by atoms with Gasteiger partial charge in [0.1, 0.15) is 5.60 Å². The SMILES string of the molecule is CCC(C)(C)C(=O)OC(C)(C)c1cccc2ccccc12. The van der Waals surface area contributed by atoms with E-state index in [9.17, 15) is 4.79 Å². The molecule has 0 radical (unpaired) electrons. The first-order chi connectivity index (χ1) is 9.78. The first-order valence-corrected chi connectivity index (χ1v) is 7.49. The molecule has 2 aromatic rings. The number of benzene rings is 2. The summed E-state index contributed by atoms with van der Waals surface area (Å²) in [7, 11) is 0. The minimum absolute atomic E-state index is 0.150. The van der Waals surface area contributed by atoms with Crippen LogP contribution in [0.5, 0.6) is 0 Å². The minimum Gasteiger partial charge on any atom is -0.454 e. The Morgan fingerprint density at radius 2 is 1.62 bits per heavy atom. The number of rotatable bonds is 4. The number of ether oxygens (including phenoxy) is 1. The highest BCUT2D eigenvalue weighted by atomic mass is 16.6. The zero-order valence-electron chi connectivity index (χ0n) is 13.6. The summed E-state index contributed by atoms with van der Waals surface area (Å²) in [6, 6.07) is 14.3. The summed E-state index contributed by atoms with van der Waals surface area (Å²) in [5, 5.41) is 2.29. The highest BCUT2D eigenvalue weighted by molar-refractivity contribution is 5.87. The van der Waals surface area contributed by atoms with E-state index in [1.54, 1.807) is 0 Å². The first kappa shape index (κ1) is 15.6. The van der Waals surface area contributed by atoms with Crippen molar-refractivity contribution in [3.8, 4) is 0 Å². The van der Waals surface area contributed by atoms with Gasteiger partial charge in [-0.2, -0.15) is 0 Å². The van der Waals surface area contributed by atoms with Gasteiger partial charge < -0.3 is 4.74 Å². The molecule has 0 aliphatic heterocycles. The summed E-state index contributed by atoms with van der Waals surface area (Å²) in [4.78, 5) is 12.4. The van der Waals surface area contributed by atoms with Crippen LogP contribution < -0.4 is 0 Å². The van der Waals surface area contributed by atoms with E-state index in [0.717, 1.165) is 22.8 Å². The van der Waals surface area contributed by atoms with Crippen molar-refractivity contribution in [2.24, 2.45) is 5.41 Å². The Morgan fingerprint density at radius 1 is 1.00 bits per heavy atom. The van der Waals surface area contributed by atoms with Gasteiger partial charge in [0.25, 0.3) is 0 Å². The number of hydrogen-bond acceptors (Lipinski definition) is 2. The molecule has 0 aliphatic rings. The van der Waals surface area contributed by atoms with Crippen molar-refractivity contribution in [3.63, 3.8) is 0 Å². The molecule has 21 heavy (non-hydrogen) atoms. The Hall–Kier alpha value is -1.83. The summed E-state index contributed by atoms with van der Waals surface area (Å²) < 4.78 is 5.85. The first-order valence-electron chi connectivity index (χ1n) is 7.49. The second-order valence-electron chi connectivity index (χ2n) is 6.66. The molecule has 0 aromatic heterocycles. The van der Waals surface area contributed by atoms with E-state index >= 15 is 0 Å². The number of carbonyl (C=O) groups is 1. The average Bonchev–Trinajstić information content (AvgIpc) is 2.46. The quantitative estimate of drug-likeness (QED) is 0.734. The number of hydrogen-bond donors (Lipinski definition) is 0. The van der Waals surface area contributed by atoms with E-state index in [1.165, 1.54) is 0 Å². The maximum Gasteiger partial charge on any atom is 0.312 e. The largest absolute Gasteiger partial charge is 0.454 e. The smallest absolute Gasteiger partial charge is 0.312 e. The molecule has 0 aliphatic carbocycles. The molecule has 0 heterocycles. The van der Waals surface area contributed by atoms with E-state index < -0.39 is 11.0 Å². The van der Waals surface area contributed by atoms with Crippen molar-refractivity contribution < 1.29 is 9.53 Å². The lowest BCUT2D eigenvalue weighted by Crippen LogP contribution is -2.34. The molecule has 2 aromatic carbocycles. The summed E-state index contributed by atoms with van der Waals surface area (Å²) in [6.45, 7) is 9.77. The molecular formula is C19H24O2. The number of esters is 1. The van der Waals surface area contributed by atoms with Crippen molar-refractivity contribution in [2.75, 3.05) is 0 Å². The van der Waals surface area contributed by atoms with Crippen LogP contribution in [0.3, 0.4) is 0 Å². The fourth-order valence-corrected chi connectivity index (χ4v) is 2.32. The predicted molar refractivity (Wildman–Crippen MR) is 87.1 cm³/mol. The van der Waals surface area contributed by atoms with E-state index in [-0.39, 0.29) is 5.97 Å². The zero-order chi connectivity index (χ0) is 15.7. The van der Waals surface area contributed by atoms with Gasteiger partial charge in [-0.05, 0) is 44.9 Å². The summed E-state index contributed by atoms with van der Waals surface area (Å²) in [6.07, 6.45) is 0.761. The van der Waals surface area contributed by atoms with Crippen molar-refractivity contribution >= 4 is 16.7 Å². The van der Waals surface area contributed by atoms with Crippen LogP contribution in [0.25, 0.3) is 10.8 Å². The van der Waals surface area contributed by atoms with Gasteiger partial charge in [-0.25, -0.2) is 0 Å². The Balaban J connectivity index is 2.40. The monoisotopic (exact) mass is 284 g/mol. The topological polar surface area (TPSA) is 26.3 Å². The Labute approximate surface area is 127 Å². The van der Waals surface area contributed by atoms with E-state index in [1.807, 2.05) is 58.9 Å². The molecular weight excluding hydrogens is 260 g/mol. The molecule has 0 bridgehead atoms. The van der Waals surface area contributed by atoms with Crippen LogP contribution in [0.2, 0.25) is 0 Å². The standard InChI is InChI=1S/C19H24O2/c1-6-18(2,3)17(20)21-19(4,5)16-13-9-11-14-10-7-8-12-15(14)16/h7-13H,6H2,1-5H3. The second-order valence-corrected chi connectivity index (χ2v) is 6.66. The molecule has 112 valence electrons. The van der Waals surface area contributed by atoms with Crippen molar-refractivity contribution in [1.29, 1.82) is 0 Å². The third-order valence-electron chi connectivity index (χ3n) is 4.22.